The quantitative estimate of drug-likeness (QED) is 0.854. The molecule has 3 heteroatoms. The van der Waals surface area contributed by atoms with Crippen molar-refractivity contribution in [3.05, 3.63) is 23.8 Å². The molecule has 3 atom stereocenters. The van der Waals surface area contributed by atoms with E-state index in [1.165, 1.54) is 18.4 Å². The third-order valence-electron chi connectivity index (χ3n) is 4.17. The summed E-state index contributed by atoms with van der Waals surface area (Å²) in [5, 5.41) is 3.58. The maximum Gasteiger partial charge on any atom is 0.124 e. The topological polar surface area (TPSA) is 30.5 Å². The first-order valence-electron chi connectivity index (χ1n) is 7.77. The van der Waals surface area contributed by atoms with Gasteiger partial charge in [-0.2, -0.15) is 0 Å². The molecule has 112 valence electrons. The van der Waals surface area contributed by atoms with E-state index in [4.69, 9.17) is 9.47 Å². The lowest BCUT2D eigenvalue weighted by molar-refractivity contribution is 0.0955. The van der Waals surface area contributed by atoms with Crippen molar-refractivity contribution in [1.29, 1.82) is 0 Å². The molecule has 3 unspecified atom stereocenters. The number of benzene rings is 1. The fourth-order valence-electron chi connectivity index (χ4n) is 3.03. The van der Waals surface area contributed by atoms with Gasteiger partial charge in [-0.05, 0) is 37.1 Å². The summed E-state index contributed by atoms with van der Waals surface area (Å²) in [6, 6.07) is 6.49. The minimum Gasteiger partial charge on any atom is -0.497 e. The van der Waals surface area contributed by atoms with Gasteiger partial charge in [0, 0.05) is 18.0 Å². The van der Waals surface area contributed by atoms with Crippen molar-refractivity contribution in [2.45, 2.75) is 52.2 Å². The Morgan fingerprint density at radius 3 is 2.85 bits per heavy atom. The van der Waals surface area contributed by atoms with Crippen LogP contribution < -0.4 is 14.8 Å². The summed E-state index contributed by atoms with van der Waals surface area (Å²) in [5.74, 6) is 2.50. The fraction of sp³-hybridized carbons (Fsp3) is 0.647. The summed E-state index contributed by atoms with van der Waals surface area (Å²) >= 11 is 0. The van der Waals surface area contributed by atoms with E-state index in [1.807, 2.05) is 12.1 Å². The van der Waals surface area contributed by atoms with E-state index in [0.717, 1.165) is 24.5 Å². The maximum atomic E-state index is 6.23. The van der Waals surface area contributed by atoms with Gasteiger partial charge in [0.2, 0.25) is 0 Å². The van der Waals surface area contributed by atoms with Crippen molar-refractivity contribution in [1.82, 2.24) is 5.32 Å². The predicted molar refractivity (Wildman–Crippen MR) is 82.5 cm³/mol. The first-order valence-corrected chi connectivity index (χ1v) is 7.77. The molecular weight excluding hydrogens is 250 g/mol. The highest BCUT2D eigenvalue weighted by Crippen LogP contribution is 2.39. The summed E-state index contributed by atoms with van der Waals surface area (Å²) in [6.07, 6.45) is 3.77. The van der Waals surface area contributed by atoms with Crippen LogP contribution in [0.4, 0.5) is 0 Å². The second-order valence-electron chi connectivity index (χ2n) is 5.67. The Kier molecular flexibility index (Phi) is 5.30. The van der Waals surface area contributed by atoms with Crippen molar-refractivity contribution >= 4 is 0 Å². The molecule has 0 radical (unpaired) electrons. The van der Waals surface area contributed by atoms with Gasteiger partial charge in [0.1, 0.15) is 17.6 Å². The van der Waals surface area contributed by atoms with E-state index in [1.54, 1.807) is 7.11 Å². The Bertz CT molecular complexity index is 433. The van der Waals surface area contributed by atoms with E-state index in [2.05, 4.69) is 32.2 Å². The molecule has 0 aliphatic carbocycles. The summed E-state index contributed by atoms with van der Waals surface area (Å²) in [7, 11) is 1.71. The van der Waals surface area contributed by atoms with Crippen LogP contribution in [0.1, 0.15) is 51.6 Å². The molecule has 1 aromatic carbocycles. The average molecular weight is 277 g/mol. The maximum absolute atomic E-state index is 6.23. The smallest absolute Gasteiger partial charge is 0.124 e. The van der Waals surface area contributed by atoms with Gasteiger partial charge < -0.3 is 14.8 Å². The van der Waals surface area contributed by atoms with Crippen molar-refractivity contribution in [3.63, 3.8) is 0 Å². The number of fused-ring (bicyclic) bond motifs is 1. The molecule has 2 rings (SSSR count). The second kappa shape index (κ2) is 6.98. The number of rotatable bonds is 6. The summed E-state index contributed by atoms with van der Waals surface area (Å²) in [6.45, 7) is 7.65. The Morgan fingerprint density at radius 1 is 1.40 bits per heavy atom. The van der Waals surface area contributed by atoms with Crippen molar-refractivity contribution in [2.24, 2.45) is 5.92 Å². The van der Waals surface area contributed by atoms with Crippen LogP contribution in [0.2, 0.25) is 0 Å². The molecule has 3 nitrogen and oxygen atoms in total. The van der Waals surface area contributed by atoms with Gasteiger partial charge in [-0.1, -0.05) is 27.2 Å². The SMILES string of the molecule is CCCC(C)C1CC(NCC)c2cc(OC)ccc2O1. The third kappa shape index (κ3) is 3.26. The minimum atomic E-state index is 0.305. The summed E-state index contributed by atoms with van der Waals surface area (Å²) < 4.78 is 11.6. The molecule has 0 saturated carbocycles. The summed E-state index contributed by atoms with van der Waals surface area (Å²) in [4.78, 5) is 0. The Labute approximate surface area is 122 Å². The molecule has 0 spiro atoms. The zero-order valence-corrected chi connectivity index (χ0v) is 13.1. The summed E-state index contributed by atoms with van der Waals surface area (Å²) in [5.41, 5.74) is 1.23. The monoisotopic (exact) mass is 277 g/mol. The van der Waals surface area contributed by atoms with Gasteiger partial charge in [-0.15, -0.1) is 0 Å². The molecule has 1 aliphatic heterocycles. The lowest BCUT2D eigenvalue weighted by Crippen LogP contribution is -2.36. The van der Waals surface area contributed by atoms with Crippen molar-refractivity contribution in [2.75, 3.05) is 13.7 Å². The number of ether oxygens (including phenoxy) is 2. The van der Waals surface area contributed by atoms with E-state index >= 15 is 0 Å². The second-order valence-corrected chi connectivity index (χ2v) is 5.67. The van der Waals surface area contributed by atoms with E-state index in [9.17, 15) is 0 Å². The van der Waals surface area contributed by atoms with E-state index in [-0.39, 0.29) is 0 Å². The molecule has 1 aliphatic rings. The average Bonchev–Trinajstić information content (AvgIpc) is 2.47. The Balaban J connectivity index is 2.24. The van der Waals surface area contributed by atoms with Gasteiger partial charge in [0.15, 0.2) is 0 Å². The number of hydrogen-bond donors (Lipinski definition) is 1. The first-order chi connectivity index (χ1) is 9.69. The van der Waals surface area contributed by atoms with Gasteiger partial charge in [-0.3, -0.25) is 0 Å². The van der Waals surface area contributed by atoms with Crippen molar-refractivity contribution in [3.8, 4) is 11.5 Å². The predicted octanol–water partition coefficient (Wildman–Crippen LogP) is 3.93. The Morgan fingerprint density at radius 2 is 2.20 bits per heavy atom. The highest BCUT2D eigenvalue weighted by Gasteiger charge is 2.31. The van der Waals surface area contributed by atoms with Crippen LogP contribution >= 0.6 is 0 Å². The van der Waals surface area contributed by atoms with Crippen LogP contribution in [0.5, 0.6) is 11.5 Å². The highest BCUT2D eigenvalue weighted by molar-refractivity contribution is 5.43. The minimum absolute atomic E-state index is 0.305. The molecule has 0 bridgehead atoms. The molecule has 0 amide bonds. The molecule has 1 aromatic rings. The van der Waals surface area contributed by atoms with Gasteiger partial charge in [-0.25, -0.2) is 0 Å². The van der Waals surface area contributed by atoms with Crippen LogP contribution in [0.3, 0.4) is 0 Å². The van der Waals surface area contributed by atoms with Gasteiger partial charge in [0.05, 0.1) is 7.11 Å². The number of methoxy groups -OCH3 is 1. The molecular formula is C17H27NO2. The fourth-order valence-corrected chi connectivity index (χ4v) is 3.03. The highest BCUT2D eigenvalue weighted by atomic mass is 16.5. The van der Waals surface area contributed by atoms with Gasteiger partial charge >= 0.3 is 0 Å². The third-order valence-corrected chi connectivity index (χ3v) is 4.17. The molecule has 20 heavy (non-hydrogen) atoms. The molecule has 1 N–H and O–H groups in total. The normalized spacial score (nSPS) is 22.8. The van der Waals surface area contributed by atoms with Crippen LogP contribution in [0, 0.1) is 5.92 Å². The first kappa shape index (κ1) is 15.2. The molecule has 0 saturated heterocycles. The largest absolute Gasteiger partial charge is 0.497 e. The zero-order valence-electron chi connectivity index (χ0n) is 13.1. The van der Waals surface area contributed by atoms with E-state index < -0.39 is 0 Å². The van der Waals surface area contributed by atoms with Crippen LogP contribution in [0.25, 0.3) is 0 Å². The van der Waals surface area contributed by atoms with Crippen LogP contribution in [-0.4, -0.2) is 19.8 Å². The number of hydrogen-bond acceptors (Lipinski definition) is 3. The van der Waals surface area contributed by atoms with Crippen LogP contribution in [-0.2, 0) is 0 Å². The van der Waals surface area contributed by atoms with Crippen LogP contribution in [0.15, 0.2) is 18.2 Å². The molecule has 0 fully saturated rings. The van der Waals surface area contributed by atoms with Crippen molar-refractivity contribution < 1.29 is 9.47 Å². The Hall–Kier alpha value is -1.22. The molecule has 1 heterocycles. The number of nitrogens with one attached hydrogen (secondary N) is 1. The zero-order chi connectivity index (χ0) is 14.5. The lowest BCUT2D eigenvalue weighted by atomic mass is 9.88. The lowest BCUT2D eigenvalue weighted by Gasteiger charge is -2.36. The van der Waals surface area contributed by atoms with Gasteiger partial charge in [0.25, 0.3) is 0 Å². The standard InChI is InChI=1S/C17H27NO2/c1-5-7-12(3)17-11-15(18-6-2)14-10-13(19-4)8-9-16(14)20-17/h8-10,12,15,17-18H,5-7,11H2,1-4H3. The van der Waals surface area contributed by atoms with E-state index in [0.29, 0.717) is 18.1 Å². The molecule has 0 aromatic heterocycles.